The second kappa shape index (κ2) is 8.15. The monoisotopic (exact) mass is 438 g/mol. The van der Waals surface area contributed by atoms with Crippen LogP contribution < -0.4 is 9.62 Å². The van der Waals surface area contributed by atoms with Gasteiger partial charge in [-0.15, -0.1) is 0 Å². The molecule has 7 heteroatoms. The summed E-state index contributed by atoms with van der Waals surface area (Å²) in [6.45, 7) is 4.12. The van der Waals surface area contributed by atoms with Crippen molar-refractivity contribution in [2.45, 2.75) is 31.6 Å². The van der Waals surface area contributed by atoms with E-state index in [0.717, 1.165) is 35.2 Å². The van der Waals surface area contributed by atoms with E-state index in [9.17, 15) is 17.6 Å². The summed E-state index contributed by atoms with van der Waals surface area (Å²) < 4.78 is 41.0. The van der Waals surface area contributed by atoms with Gasteiger partial charge in [0.05, 0.1) is 10.6 Å². The van der Waals surface area contributed by atoms with Gasteiger partial charge < -0.3 is 5.32 Å². The van der Waals surface area contributed by atoms with Crippen LogP contribution in [0.5, 0.6) is 0 Å². The highest BCUT2D eigenvalue weighted by atomic mass is 32.2. The predicted octanol–water partition coefficient (Wildman–Crippen LogP) is 4.84. The first kappa shape index (κ1) is 21.1. The maximum Gasteiger partial charge on any atom is 0.264 e. The van der Waals surface area contributed by atoms with Gasteiger partial charge in [-0.05, 0) is 80.3 Å². The molecule has 1 aliphatic heterocycles. The molecule has 0 aliphatic carbocycles. The Morgan fingerprint density at radius 3 is 2.48 bits per heavy atom. The molecule has 160 valence electrons. The number of aryl methyl sites for hydroxylation is 3. The summed E-state index contributed by atoms with van der Waals surface area (Å²) in [5, 5.41) is 2.89. The van der Waals surface area contributed by atoms with Crippen molar-refractivity contribution in [1.82, 2.24) is 0 Å². The molecule has 0 fully saturated rings. The lowest BCUT2D eigenvalue weighted by Crippen LogP contribution is -2.35. The Hall–Kier alpha value is -3.19. The molecule has 0 spiro atoms. The third-order valence-electron chi connectivity index (χ3n) is 5.46. The molecule has 0 saturated carbocycles. The van der Waals surface area contributed by atoms with E-state index in [-0.39, 0.29) is 10.8 Å². The van der Waals surface area contributed by atoms with Crippen molar-refractivity contribution < 1.29 is 17.6 Å². The molecule has 4 rings (SSSR count). The average Bonchev–Trinajstić information content (AvgIpc) is 2.75. The summed E-state index contributed by atoms with van der Waals surface area (Å²) in [6, 6.07) is 15.8. The minimum Gasteiger partial charge on any atom is -0.322 e. The zero-order valence-corrected chi connectivity index (χ0v) is 18.2. The fraction of sp³-hybridized carbons (Fsp3) is 0.208. The first-order chi connectivity index (χ1) is 14.8. The van der Waals surface area contributed by atoms with Crippen LogP contribution in [-0.2, 0) is 16.4 Å². The lowest BCUT2D eigenvalue weighted by Gasteiger charge is -2.31. The zero-order chi connectivity index (χ0) is 22.2. The summed E-state index contributed by atoms with van der Waals surface area (Å²) in [6.07, 6.45) is 1.43. The molecule has 3 aromatic rings. The Morgan fingerprint density at radius 1 is 1.00 bits per heavy atom. The molecule has 0 unspecified atom stereocenters. The van der Waals surface area contributed by atoms with E-state index >= 15 is 0 Å². The third kappa shape index (κ3) is 4.18. The summed E-state index contributed by atoms with van der Waals surface area (Å²) in [7, 11) is -3.85. The van der Waals surface area contributed by atoms with Crippen LogP contribution in [0.2, 0.25) is 0 Å². The van der Waals surface area contributed by atoms with E-state index in [2.05, 4.69) is 5.32 Å². The van der Waals surface area contributed by atoms with Crippen molar-refractivity contribution in [2.75, 3.05) is 16.2 Å². The molecule has 31 heavy (non-hydrogen) atoms. The van der Waals surface area contributed by atoms with Crippen LogP contribution in [0.1, 0.15) is 33.5 Å². The fourth-order valence-corrected chi connectivity index (χ4v) is 5.31. The molecular formula is C24H23FN2O3S. The third-order valence-corrected chi connectivity index (χ3v) is 7.29. The number of hydrogen-bond acceptors (Lipinski definition) is 3. The van der Waals surface area contributed by atoms with Gasteiger partial charge in [0.15, 0.2) is 0 Å². The van der Waals surface area contributed by atoms with E-state index in [1.807, 2.05) is 38.1 Å². The number of halogens is 1. The smallest absolute Gasteiger partial charge is 0.264 e. The number of carbonyl (C=O) groups excluding carboxylic acids is 1. The molecule has 1 heterocycles. The number of sulfonamides is 1. The summed E-state index contributed by atoms with van der Waals surface area (Å²) in [5.41, 5.74) is 4.37. The van der Waals surface area contributed by atoms with Gasteiger partial charge >= 0.3 is 0 Å². The number of hydrogen-bond donors (Lipinski definition) is 1. The summed E-state index contributed by atoms with van der Waals surface area (Å²) in [4.78, 5) is 12.8. The average molecular weight is 439 g/mol. The topological polar surface area (TPSA) is 66.5 Å². The first-order valence-corrected chi connectivity index (χ1v) is 11.5. The van der Waals surface area contributed by atoms with Crippen molar-refractivity contribution in [3.63, 3.8) is 0 Å². The van der Waals surface area contributed by atoms with Crippen molar-refractivity contribution in [1.29, 1.82) is 0 Å². The molecule has 1 aliphatic rings. The number of rotatable bonds is 4. The number of nitrogens with one attached hydrogen (secondary N) is 1. The molecule has 3 aromatic carbocycles. The Bertz CT molecular complexity index is 1250. The van der Waals surface area contributed by atoms with Crippen LogP contribution in [0.25, 0.3) is 0 Å². The van der Waals surface area contributed by atoms with Gasteiger partial charge in [-0.2, -0.15) is 0 Å². The SMILES string of the molecule is Cc1ccc(C)c(C(=O)Nc2ccc3c(c2)N(S(=O)(=O)c2ccc(F)cc2)CCC3)c1. The van der Waals surface area contributed by atoms with Gasteiger partial charge in [-0.25, -0.2) is 12.8 Å². The van der Waals surface area contributed by atoms with E-state index in [1.165, 1.54) is 16.4 Å². The molecule has 1 amide bonds. The van der Waals surface area contributed by atoms with Gasteiger partial charge in [0.2, 0.25) is 0 Å². The summed E-state index contributed by atoms with van der Waals surface area (Å²) >= 11 is 0. The number of carbonyl (C=O) groups is 1. The van der Waals surface area contributed by atoms with Crippen LogP contribution >= 0.6 is 0 Å². The second-order valence-corrected chi connectivity index (χ2v) is 9.61. The highest BCUT2D eigenvalue weighted by Crippen LogP contribution is 2.34. The maximum atomic E-state index is 13.3. The molecule has 0 bridgehead atoms. The number of benzene rings is 3. The van der Waals surface area contributed by atoms with Crippen LogP contribution in [0.3, 0.4) is 0 Å². The standard InChI is InChI=1S/C24H23FN2O3S/c1-16-5-6-17(2)22(14-16)24(28)26-20-10-7-18-4-3-13-27(23(18)15-20)31(29,30)21-11-8-19(25)9-12-21/h5-12,14-15H,3-4,13H2,1-2H3,(H,26,28). The van der Waals surface area contributed by atoms with E-state index in [4.69, 9.17) is 0 Å². The van der Waals surface area contributed by atoms with Crippen molar-refractivity contribution in [3.8, 4) is 0 Å². The van der Waals surface area contributed by atoms with Crippen molar-refractivity contribution >= 4 is 27.3 Å². The summed E-state index contributed by atoms with van der Waals surface area (Å²) in [5.74, 6) is -0.737. The quantitative estimate of drug-likeness (QED) is 0.634. The highest BCUT2D eigenvalue weighted by Gasteiger charge is 2.29. The van der Waals surface area contributed by atoms with Gasteiger partial charge in [-0.3, -0.25) is 9.10 Å². The normalized spacial score (nSPS) is 13.6. The van der Waals surface area contributed by atoms with Crippen LogP contribution in [0, 0.1) is 19.7 Å². The molecule has 0 aromatic heterocycles. The number of anilines is 2. The molecule has 5 nitrogen and oxygen atoms in total. The van der Waals surface area contributed by atoms with Crippen LogP contribution in [0.4, 0.5) is 15.8 Å². The largest absolute Gasteiger partial charge is 0.322 e. The fourth-order valence-electron chi connectivity index (χ4n) is 3.78. The van der Waals surface area contributed by atoms with Gasteiger partial charge in [0.1, 0.15) is 5.82 Å². The molecule has 1 N–H and O–H groups in total. The zero-order valence-electron chi connectivity index (χ0n) is 17.4. The number of fused-ring (bicyclic) bond motifs is 1. The van der Waals surface area contributed by atoms with E-state index < -0.39 is 15.8 Å². The highest BCUT2D eigenvalue weighted by molar-refractivity contribution is 7.92. The number of nitrogens with zero attached hydrogens (tertiary/aromatic N) is 1. The Morgan fingerprint density at radius 2 is 1.74 bits per heavy atom. The van der Waals surface area contributed by atoms with Crippen molar-refractivity contribution in [3.05, 3.63) is 88.7 Å². The Labute approximate surface area is 181 Å². The molecule has 0 saturated heterocycles. The van der Waals surface area contributed by atoms with Gasteiger partial charge in [0, 0.05) is 17.8 Å². The number of amides is 1. The second-order valence-electron chi connectivity index (χ2n) is 7.75. The van der Waals surface area contributed by atoms with Crippen LogP contribution in [0.15, 0.2) is 65.6 Å². The lowest BCUT2D eigenvalue weighted by atomic mass is 10.0. The van der Waals surface area contributed by atoms with Crippen molar-refractivity contribution in [2.24, 2.45) is 0 Å². The van der Waals surface area contributed by atoms with E-state index in [0.29, 0.717) is 29.9 Å². The molecule has 0 radical (unpaired) electrons. The van der Waals surface area contributed by atoms with Gasteiger partial charge in [-0.1, -0.05) is 23.8 Å². The lowest BCUT2D eigenvalue weighted by molar-refractivity contribution is 0.102. The van der Waals surface area contributed by atoms with Gasteiger partial charge in [0.25, 0.3) is 15.9 Å². The minimum atomic E-state index is -3.85. The first-order valence-electron chi connectivity index (χ1n) is 10.1. The Balaban J connectivity index is 1.67. The molecule has 0 atom stereocenters. The van der Waals surface area contributed by atoms with E-state index in [1.54, 1.807) is 12.1 Å². The molecular weight excluding hydrogens is 415 g/mol. The van der Waals surface area contributed by atoms with Crippen LogP contribution in [-0.4, -0.2) is 20.9 Å². The maximum absolute atomic E-state index is 13.3. The predicted molar refractivity (Wildman–Crippen MR) is 120 cm³/mol. The minimum absolute atomic E-state index is 0.0339. The Kier molecular flexibility index (Phi) is 5.54.